The lowest BCUT2D eigenvalue weighted by Gasteiger charge is -2.18. The molecule has 1 N–H and O–H groups in total. The predicted octanol–water partition coefficient (Wildman–Crippen LogP) is 4.02. The second-order valence-electron chi connectivity index (χ2n) is 6.55. The van der Waals surface area contributed by atoms with Gasteiger partial charge in [0.2, 0.25) is 17.6 Å². The molecule has 6 nitrogen and oxygen atoms in total. The van der Waals surface area contributed by atoms with Gasteiger partial charge in [0, 0.05) is 29.6 Å². The molecular formula is C21H20N4O2. The zero-order valence-electron chi connectivity index (χ0n) is 14.8. The Kier molecular flexibility index (Phi) is 5.05. The maximum Gasteiger partial charge on any atom is 0.231 e. The van der Waals surface area contributed by atoms with Crippen molar-refractivity contribution in [2.45, 2.75) is 25.7 Å². The SMILES string of the molecule is O=C(Nc1ccccc1Cc1nc(-c2ccncc2)no1)C1CC=CCC1. The second kappa shape index (κ2) is 7.95. The van der Waals surface area contributed by atoms with Gasteiger partial charge in [0.25, 0.3) is 0 Å². The van der Waals surface area contributed by atoms with Gasteiger partial charge in [-0.05, 0) is 43.0 Å². The lowest BCUT2D eigenvalue weighted by molar-refractivity contribution is -0.120. The summed E-state index contributed by atoms with van der Waals surface area (Å²) in [5.41, 5.74) is 2.59. The molecule has 2 aromatic heterocycles. The highest BCUT2D eigenvalue weighted by Crippen LogP contribution is 2.24. The van der Waals surface area contributed by atoms with E-state index in [1.807, 2.05) is 36.4 Å². The first-order chi connectivity index (χ1) is 13.3. The third-order valence-electron chi connectivity index (χ3n) is 4.66. The third kappa shape index (κ3) is 4.11. The molecule has 0 bridgehead atoms. The number of amides is 1. The first kappa shape index (κ1) is 17.1. The molecule has 0 saturated heterocycles. The number of nitrogens with zero attached hydrogens (tertiary/aromatic N) is 3. The summed E-state index contributed by atoms with van der Waals surface area (Å²) in [6.07, 6.45) is 10.7. The van der Waals surface area contributed by atoms with E-state index in [2.05, 4.69) is 32.6 Å². The molecule has 136 valence electrons. The number of carbonyl (C=O) groups is 1. The van der Waals surface area contributed by atoms with Crippen LogP contribution in [0.2, 0.25) is 0 Å². The molecule has 3 aromatic rings. The summed E-state index contributed by atoms with van der Waals surface area (Å²) in [4.78, 5) is 21.0. The Labute approximate surface area is 157 Å². The number of hydrogen-bond donors (Lipinski definition) is 1. The first-order valence-electron chi connectivity index (χ1n) is 9.06. The van der Waals surface area contributed by atoms with Gasteiger partial charge in [0.05, 0.1) is 6.42 Å². The number of benzene rings is 1. The molecule has 1 aromatic carbocycles. The summed E-state index contributed by atoms with van der Waals surface area (Å²) in [6, 6.07) is 11.4. The highest BCUT2D eigenvalue weighted by molar-refractivity contribution is 5.93. The molecule has 1 unspecified atom stereocenters. The van der Waals surface area contributed by atoms with Crippen molar-refractivity contribution in [2.24, 2.45) is 5.92 Å². The van der Waals surface area contributed by atoms with E-state index in [9.17, 15) is 4.79 Å². The van der Waals surface area contributed by atoms with E-state index in [0.29, 0.717) is 18.1 Å². The van der Waals surface area contributed by atoms with Crippen molar-refractivity contribution < 1.29 is 9.32 Å². The maximum atomic E-state index is 12.6. The molecule has 4 rings (SSSR count). The van der Waals surface area contributed by atoms with E-state index in [1.54, 1.807) is 12.4 Å². The van der Waals surface area contributed by atoms with E-state index < -0.39 is 0 Å². The van der Waals surface area contributed by atoms with Crippen molar-refractivity contribution in [3.8, 4) is 11.4 Å². The van der Waals surface area contributed by atoms with Crippen LogP contribution in [0, 0.1) is 5.92 Å². The monoisotopic (exact) mass is 360 g/mol. The van der Waals surface area contributed by atoms with Crippen molar-refractivity contribution in [1.29, 1.82) is 0 Å². The summed E-state index contributed by atoms with van der Waals surface area (Å²) in [7, 11) is 0. The summed E-state index contributed by atoms with van der Waals surface area (Å²) in [5, 5.41) is 7.11. The largest absolute Gasteiger partial charge is 0.339 e. The van der Waals surface area contributed by atoms with Gasteiger partial charge in [-0.2, -0.15) is 4.98 Å². The van der Waals surface area contributed by atoms with Gasteiger partial charge in [-0.1, -0.05) is 35.5 Å². The molecule has 1 aliphatic carbocycles. The molecule has 1 amide bonds. The minimum Gasteiger partial charge on any atom is -0.339 e. The zero-order valence-corrected chi connectivity index (χ0v) is 14.8. The molecule has 0 radical (unpaired) electrons. The first-order valence-corrected chi connectivity index (χ1v) is 9.06. The van der Waals surface area contributed by atoms with Gasteiger partial charge in [0.15, 0.2) is 0 Å². The average Bonchev–Trinajstić information content (AvgIpc) is 3.19. The number of pyridine rings is 1. The number of hydrogen-bond acceptors (Lipinski definition) is 5. The molecule has 2 heterocycles. The van der Waals surface area contributed by atoms with Gasteiger partial charge in [0.1, 0.15) is 0 Å². The Bertz CT molecular complexity index is 950. The third-order valence-corrected chi connectivity index (χ3v) is 4.66. The molecule has 6 heteroatoms. The summed E-state index contributed by atoms with van der Waals surface area (Å²) < 4.78 is 5.40. The lowest BCUT2D eigenvalue weighted by atomic mass is 9.93. The predicted molar refractivity (Wildman–Crippen MR) is 102 cm³/mol. The Hall–Kier alpha value is -3.28. The van der Waals surface area contributed by atoms with Crippen molar-refractivity contribution in [3.63, 3.8) is 0 Å². The average molecular weight is 360 g/mol. The van der Waals surface area contributed by atoms with Crippen LogP contribution >= 0.6 is 0 Å². The number of nitrogens with one attached hydrogen (secondary N) is 1. The lowest BCUT2D eigenvalue weighted by Crippen LogP contribution is -2.24. The standard InChI is InChI=1S/C21H20N4O2/c26-21(16-6-2-1-3-7-16)23-18-9-5-4-8-17(18)14-19-24-20(25-27-19)15-10-12-22-13-11-15/h1-2,4-5,8-13,16H,3,6-7,14H2,(H,23,26). The topological polar surface area (TPSA) is 80.9 Å². The van der Waals surface area contributed by atoms with Crippen LogP contribution in [0.1, 0.15) is 30.7 Å². The molecular weight excluding hydrogens is 340 g/mol. The van der Waals surface area contributed by atoms with Gasteiger partial charge in [-0.3, -0.25) is 9.78 Å². The van der Waals surface area contributed by atoms with Crippen LogP contribution in [0.25, 0.3) is 11.4 Å². The second-order valence-corrected chi connectivity index (χ2v) is 6.55. The number of allylic oxidation sites excluding steroid dienone is 2. The van der Waals surface area contributed by atoms with Gasteiger partial charge < -0.3 is 9.84 Å². The fourth-order valence-electron chi connectivity index (χ4n) is 3.17. The number of carbonyl (C=O) groups excluding carboxylic acids is 1. The van der Waals surface area contributed by atoms with Crippen LogP contribution in [0.15, 0.2) is 65.5 Å². The van der Waals surface area contributed by atoms with Crippen molar-refractivity contribution >= 4 is 11.6 Å². The van der Waals surface area contributed by atoms with E-state index in [-0.39, 0.29) is 11.8 Å². The number of aromatic nitrogens is 3. The Morgan fingerprint density at radius 1 is 1.15 bits per heavy atom. The van der Waals surface area contributed by atoms with Crippen LogP contribution in [0.3, 0.4) is 0 Å². The highest BCUT2D eigenvalue weighted by Gasteiger charge is 2.20. The Balaban J connectivity index is 1.49. The molecule has 1 aliphatic rings. The Morgan fingerprint density at radius 3 is 2.81 bits per heavy atom. The van der Waals surface area contributed by atoms with Crippen LogP contribution in [-0.4, -0.2) is 21.0 Å². The molecule has 1 atom stereocenters. The van der Waals surface area contributed by atoms with Gasteiger partial charge in [-0.15, -0.1) is 0 Å². The normalized spacial score (nSPS) is 16.2. The maximum absolute atomic E-state index is 12.6. The minimum atomic E-state index is 0.0322. The summed E-state index contributed by atoms with van der Waals surface area (Å²) >= 11 is 0. The van der Waals surface area contributed by atoms with Crippen LogP contribution in [0.4, 0.5) is 5.69 Å². The number of rotatable bonds is 5. The number of anilines is 1. The number of para-hydroxylation sites is 1. The van der Waals surface area contributed by atoms with Crippen molar-refractivity contribution in [2.75, 3.05) is 5.32 Å². The molecule has 0 spiro atoms. The zero-order chi connectivity index (χ0) is 18.5. The Morgan fingerprint density at radius 2 is 2.00 bits per heavy atom. The van der Waals surface area contributed by atoms with E-state index in [1.165, 1.54) is 0 Å². The molecule has 0 fully saturated rings. The highest BCUT2D eigenvalue weighted by atomic mass is 16.5. The van der Waals surface area contributed by atoms with E-state index in [0.717, 1.165) is 36.1 Å². The molecule has 0 aliphatic heterocycles. The fraction of sp³-hybridized carbons (Fsp3) is 0.238. The van der Waals surface area contributed by atoms with Gasteiger partial charge in [-0.25, -0.2) is 0 Å². The van der Waals surface area contributed by atoms with Crippen LogP contribution in [0.5, 0.6) is 0 Å². The quantitative estimate of drug-likeness (QED) is 0.695. The molecule has 27 heavy (non-hydrogen) atoms. The summed E-state index contributed by atoms with van der Waals surface area (Å²) in [6.45, 7) is 0. The fourth-order valence-corrected chi connectivity index (χ4v) is 3.17. The van der Waals surface area contributed by atoms with E-state index in [4.69, 9.17) is 4.52 Å². The van der Waals surface area contributed by atoms with E-state index >= 15 is 0 Å². The van der Waals surface area contributed by atoms with Crippen molar-refractivity contribution in [3.05, 3.63) is 72.4 Å². The molecule has 0 saturated carbocycles. The summed E-state index contributed by atoms with van der Waals surface area (Å²) in [5.74, 6) is 1.13. The van der Waals surface area contributed by atoms with Crippen LogP contribution in [-0.2, 0) is 11.2 Å². The minimum absolute atomic E-state index is 0.0322. The van der Waals surface area contributed by atoms with Gasteiger partial charge >= 0.3 is 0 Å². The van der Waals surface area contributed by atoms with Crippen molar-refractivity contribution in [1.82, 2.24) is 15.1 Å². The van der Waals surface area contributed by atoms with Crippen LogP contribution < -0.4 is 5.32 Å². The smallest absolute Gasteiger partial charge is 0.231 e.